The van der Waals surface area contributed by atoms with E-state index in [4.69, 9.17) is 5.73 Å². The molecule has 1 aromatic carbocycles. The van der Waals surface area contributed by atoms with Crippen LogP contribution in [-0.4, -0.2) is 0 Å². The maximum atomic E-state index is 12.6. The number of benzene rings is 1. The van der Waals surface area contributed by atoms with Gasteiger partial charge in [0, 0.05) is 6.07 Å². The fraction of sp³-hybridized carbons (Fsp3) is 0. The zero-order valence-corrected chi connectivity index (χ0v) is 8.34. The van der Waals surface area contributed by atoms with Gasteiger partial charge in [-0.15, -0.1) is 0 Å². The molecule has 0 atom stereocenters. The Balaban J connectivity index is 3.46. The first kappa shape index (κ1) is 8.93. The summed E-state index contributed by atoms with van der Waals surface area (Å²) >= 11 is 5.82. The van der Waals surface area contributed by atoms with Crippen LogP contribution in [0.4, 0.5) is 14.5 Å². The first-order valence-electron chi connectivity index (χ1n) is 2.62. The lowest BCUT2D eigenvalue weighted by molar-refractivity contribution is 0.580. The highest BCUT2D eigenvalue weighted by Gasteiger charge is 2.11. The van der Waals surface area contributed by atoms with E-state index in [1.54, 1.807) is 0 Å². The second-order valence-corrected chi connectivity index (χ2v) is 3.47. The minimum absolute atomic E-state index is 0.0988. The third-order valence-corrected chi connectivity index (χ3v) is 3.28. The van der Waals surface area contributed by atoms with E-state index in [0.29, 0.717) is 0 Å². The highest BCUT2D eigenvalue weighted by molar-refractivity contribution is 9.13. The van der Waals surface area contributed by atoms with Gasteiger partial charge in [-0.3, -0.25) is 0 Å². The average Bonchev–Trinajstić information content (AvgIpc) is 1.97. The van der Waals surface area contributed by atoms with Gasteiger partial charge in [0.2, 0.25) is 0 Å². The third kappa shape index (κ3) is 1.54. The van der Waals surface area contributed by atoms with Crippen LogP contribution in [0.25, 0.3) is 0 Å². The van der Waals surface area contributed by atoms with Gasteiger partial charge >= 0.3 is 0 Å². The van der Waals surface area contributed by atoms with Crippen LogP contribution < -0.4 is 5.73 Å². The van der Waals surface area contributed by atoms with E-state index in [9.17, 15) is 8.78 Å². The van der Waals surface area contributed by atoms with Crippen LogP contribution in [0, 0.1) is 11.6 Å². The van der Waals surface area contributed by atoms with Gasteiger partial charge < -0.3 is 5.73 Å². The van der Waals surface area contributed by atoms with E-state index in [1.807, 2.05) is 0 Å². The monoisotopic (exact) mass is 285 g/mol. The molecule has 1 nitrogen and oxygen atoms in total. The summed E-state index contributed by atoms with van der Waals surface area (Å²) in [5.41, 5.74) is 5.13. The van der Waals surface area contributed by atoms with Crippen molar-refractivity contribution < 1.29 is 8.78 Å². The molecule has 0 saturated heterocycles. The van der Waals surface area contributed by atoms with Crippen molar-refractivity contribution in [1.82, 2.24) is 0 Å². The maximum Gasteiger partial charge on any atom is 0.150 e. The molecule has 0 aromatic heterocycles. The van der Waals surface area contributed by atoms with Crippen LogP contribution >= 0.6 is 31.9 Å². The number of nitrogen functional groups attached to an aromatic ring is 1. The van der Waals surface area contributed by atoms with Crippen molar-refractivity contribution in [2.75, 3.05) is 5.73 Å². The third-order valence-electron chi connectivity index (χ3n) is 1.15. The quantitative estimate of drug-likeness (QED) is 0.443. The SMILES string of the molecule is Nc1c(F)cc(F)c(Br)c1Br. The standard InChI is InChI=1S/C6H3Br2F2N/c7-4-2(9)1-3(10)6(11)5(4)8/h1H,11H2. The molecule has 1 aromatic rings. The Morgan fingerprint density at radius 2 is 1.64 bits per heavy atom. The minimum Gasteiger partial charge on any atom is -0.395 e. The Bertz CT molecular complexity index is 275. The lowest BCUT2D eigenvalue weighted by Gasteiger charge is -2.02. The summed E-state index contributed by atoms with van der Waals surface area (Å²) in [7, 11) is 0. The number of halogens is 4. The summed E-state index contributed by atoms with van der Waals surface area (Å²) in [6.45, 7) is 0. The van der Waals surface area contributed by atoms with Crippen LogP contribution in [0.5, 0.6) is 0 Å². The molecular formula is C6H3Br2F2N. The molecular weight excluding hydrogens is 284 g/mol. The fourth-order valence-electron chi connectivity index (χ4n) is 0.580. The van der Waals surface area contributed by atoms with E-state index in [0.717, 1.165) is 6.07 Å². The molecule has 2 N–H and O–H groups in total. The Kier molecular flexibility index (Phi) is 2.49. The molecule has 0 aliphatic heterocycles. The molecule has 5 heteroatoms. The Morgan fingerprint density at radius 3 is 2.18 bits per heavy atom. The Morgan fingerprint density at radius 1 is 1.09 bits per heavy atom. The van der Waals surface area contributed by atoms with E-state index in [-0.39, 0.29) is 14.6 Å². The summed E-state index contributed by atoms with van der Waals surface area (Å²) in [4.78, 5) is 0. The molecule has 0 amide bonds. The van der Waals surface area contributed by atoms with Crippen molar-refractivity contribution in [3.63, 3.8) is 0 Å². The molecule has 0 heterocycles. The van der Waals surface area contributed by atoms with Crippen LogP contribution in [0.1, 0.15) is 0 Å². The predicted octanol–water partition coefficient (Wildman–Crippen LogP) is 3.07. The molecule has 60 valence electrons. The van der Waals surface area contributed by atoms with Gasteiger partial charge in [0.25, 0.3) is 0 Å². The number of nitrogens with two attached hydrogens (primary N) is 1. The molecule has 0 spiro atoms. The van der Waals surface area contributed by atoms with E-state index in [1.165, 1.54) is 0 Å². The van der Waals surface area contributed by atoms with Crippen molar-refractivity contribution >= 4 is 37.5 Å². The van der Waals surface area contributed by atoms with E-state index < -0.39 is 11.6 Å². The Hall–Kier alpha value is -0.160. The molecule has 0 fully saturated rings. The summed E-state index contributed by atoms with van der Waals surface area (Å²) in [6, 6.07) is 0.726. The van der Waals surface area contributed by atoms with Gasteiger partial charge in [0.1, 0.15) is 11.6 Å². The summed E-state index contributed by atoms with van der Waals surface area (Å²) in [5, 5.41) is 0. The molecule has 0 aliphatic carbocycles. The average molecular weight is 287 g/mol. The summed E-state index contributed by atoms with van der Waals surface area (Å²) in [5.74, 6) is -1.44. The van der Waals surface area contributed by atoms with Crippen LogP contribution in [0.15, 0.2) is 15.0 Å². The van der Waals surface area contributed by atoms with E-state index in [2.05, 4.69) is 31.9 Å². The second kappa shape index (κ2) is 3.06. The number of hydrogen-bond donors (Lipinski definition) is 1. The first-order chi connectivity index (χ1) is 5.04. The largest absolute Gasteiger partial charge is 0.395 e. The predicted molar refractivity (Wildman–Crippen MR) is 46.2 cm³/mol. The molecule has 0 saturated carbocycles. The van der Waals surface area contributed by atoms with Gasteiger partial charge in [0.05, 0.1) is 14.6 Å². The zero-order chi connectivity index (χ0) is 8.59. The highest BCUT2D eigenvalue weighted by Crippen LogP contribution is 2.32. The molecule has 1 rings (SSSR count). The molecule has 0 aliphatic rings. The van der Waals surface area contributed by atoms with E-state index >= 15 is 0 Å². The van der Waals surface area contributed by atoms with Crippen molar-refractivity contribution in [3.8, 4) is 0 Å². The van der Waals surface area contributed by atoms with Crippen molar-refractivity contribution in [2.45, 2.75) is 0 Å². The normalized spacial score (nSPS) is 10.2. The lowest BCUT2D eigenvalue weighted by atomic mass is 10.3. The minimum atomic E-state index is -0.766. The molecule has 0 unspecified atom stereocenters. The van der Waals surface area contributed by atoms with Crippen molar-refractivity contribution in [2.24, 2.45) is 0 Å². The fourth-order valence-corrected chi connectivity index (χ4v) is 1.29. The second-order valence-electron chi connectivity index (χ2n) is 1.88. The van der Waals surface area contributed by atoms with Crippen molar-refractivity contribution in [1.29, 1.82) is 0 Å². The van der Waals surface area contributed by atoms with Gasteiger partial charge in [-0.25, -0.2) is 8.78 Å². The number of rotatable bonds is 0. The molecule has 11 heavy (non-hydrogen) atoms. The summed E-state index contributed by atoms with van der Waals surface area (Å²) in [6.07, 6.45) is 0. The lowest BCUT2D eigenvalue weighted by Crippen LogP contribution is -1.94. The van der Waals surface area contributed by atoms with Gasteiger partial charge in [-0.1, -0.05) is 0 Å². The zero-order valence-electron chi connectivity index (χ0n) is 5.17. The highest BCUT2D eigenvalue weighted by atomic mass is 79.9. The topological polar surface area (TPSA) is 26.0 Å². The smallest absolute Gasteiger partial charge is 0.150 e. The first-order valence-corrected chi connectivity index (χ1v) is 4.21. The molecule has 0 bridgehead atoms. The van der Waals surface area contributed by atoms with Crippen LogP contribution in [0.3, 0.4) is 0 Å². The van der Waals surface area contributed by atoms with Crippen molar-refractivity contribution in [3.05, 3.63) is 26.6 Å². The number of anilines is 1. The maximum absolute atomic E-state index is 12.6. The Labute approximate surface area is 78.8 Å². The van der Waals surface area contributed by atoms with Gasteiger partial charge in [-0.2, -0.15) is 0 Å². The molecule has 0 radical (unpaired) electrons. The van der Waals surface area contributed by atoms with Gasteiger partial charge in [0.15, 0.2) is 0 Å². The van der Waals surface area contributed by atoms with Crippen LogP contribution in [0.2, 0.25) is 0 Å². The van der Waals surface area contributed by atoms with Gasteiger partial charge in [-0.05, 0) is 31.9 Å². The number of hydrogen-bond acceptors (Lipinski definition) is 1. The van der Waals surface area contributed by atoms with Crippen LogP contribution in [-0.2, 0) is 0 Å². The summed E-state index contributed by atoms with van der Waals surface area (Å²) < 4.78 is 25.6.